The lowest BCUT2D eigenvalue weighted by molar-refractivity contribution is -0.111. The van der Waals surface area contributed by atoms with Gasteiger partial charge in [0.1, 0.15) is 0 Å². The molecule has 0 saturated carbocycles. The van der Waals surface area contributed by atoms with E-state index in [1.807, 2.05) is 6.92 Å². The molecule has 0 spiro atoms. The molecule has 0 bridgehead atoms. The molecule has 9 heavy (non-hydrogen) atoms. The summed E-state index contributed by atoms with van der Waals surface area (Å²) in [6, 6.07) is 0. The van der Waals surface area contributed by atoms with E-state index >= 15 is 0 Å². The van der Waals surface area contributed by atoms with Crippen LogP contribution in [0.15, 0.2) is 0 Å². The summed E-state index contributed by atoms with van der Waals surface area (Å²) in [5.74, 6) is 0. The molecule has 0 N–H and O–H groups in total. The van der Waals surface area contributed by atoms with Gasteiger partial charge in [-0.1, -0.05) is 6.92 Å². The number of alkyl halides is 2. The molecule has 0 amide bonds. The van der Waals surface area contributed by atoms with E-state index < -0.39 is 0 Å². The largest absolute Gasteiger partial charge is 0.281 e. The third-order valence-corrected chi connectivity index (χ3v) is 0.636. The lowest BCUT2D eigenvalue weighted by Gasteiger charge is -1.77. The smallest absolute Gasteiger partial charge is 0.221 e. The first kappa shape index (κ1) is 12.2. The van der Waals surface area contributed by atoms with E-state index in [4.69, 9.17) is 34.8 Å². The molecule has 0 radical (unpaired) electrons. The van der Waals surface area contributed by atoms with Gasteiger partial charge in [-0.25, -0.2) is 0 Å². The van der Waals surface area contributed by atoms with E-state index in [-0.39, 0.29) is 10.6 Å². The highest BCUT2D eigenvalue weighted by Gasteiger charge is 1.87. The SMILES string of the molecule is CCCC(=O)Cl.ClCCl. The summed E-state index contributed by atoms with van der Waals surface area (Å²) >= 11 is 14.5. The fraction of sp³-hybridized carbons (Fsp3) is 0.800. The van der Waals surface area contributed by atoms with E-state index in [1.54, 1.807) is 0 Å². The van der Waals surface area contributed by atoms with Gasteiger partial charge in [0.15, 0.2) is 0 Å². The van der Waals surface area contributed by atoms with E-state index in [1.165, 1.54) is 0 Å². The fourth-order valence-corrected chi connectivity index (χ4v) is 0.386. The van der Waals surface area contributed by atoms with Crippen molar-refractivity contribution in [2.24, 2.45) is 0 Å². The van der Waals surface area contributed by atoms with Gasteiger partial charge in [0.05, 0.1) is 5.34 Å². The minimum Gasteiger partial charge on any atom is -0.281 e. The zero-order valence-corrected chi connectivity index (χ0v) is 7.43. The zero-order valence-electron chi connectivity index (χ0n) is 5.16. The number of halogens is 3. The molecule has 0 fully saturated rings. The van der Waals surface area contributed by atoms with E-state index in [0.717, 1.165) is 6.42 Å². The molecule has 4 heteroatoms. The Morgan fingerprint density at radius 2 is 1.78 bits per heavy atom. The second-order valence-electron chi connectivity index (χ2n) is 1.21. The maximum Gasteiger partial charge on any atom is 0.221 e. The van der Waals surface area contributed by atoms with Crippen molar-refractivity contribution in [3.05, 3.63) is 0 Å². The minimum absolute atomic E-state index is 0.194. The van der Waals surface area contributed by atoms with Crippen molar-refractivity contribution in [3.8, 4) is 0 Å². The summed E-state index contributed by atoms with van der Waals surface area (Å²) in [6.45, 7) is 1.92. The van der Waals surface area contributed by atoms with E-state index in [9.17, 15) is 4.79 Å². The number of rotatable bonds is 2. The molecule has 0 aromatic carbocycles. The van der Waals surface area contributed by atoms with Crippen molar-refractivity contribution in [2.45, 2.75) is 19.8 Å². The van der Waals surface area contributed by atoms with Gasteiger partial charge in [0.2, 0.25) is 5.24 Å². The highest BCUT2D eigenvalue weighted by atomic mass is 35.5. The van der Waals surface area contributed by atoms with Crippen LogP contribution in [0.2, 0.25) is 0 Å². The molecule has 0 atom stereocenters. The van der Waals surface area contributed by atoms with Crippen LogP contribution in [0.3, 0.4) is 0 Å². The molecule has 0 aromatic rings. The molecule has 0 aliphatic carbocycles. The summed E-state index contributed by atoms with van der Waals surface area (Å²) in [7, 11) is 0. The Labute approximate surface area is 70.3 Å². The Kier molecular flexibility index (Phi) is 15.4. The quantitative estimate of drug-likeness (QED) is 0.484. The Hall–Kier alpha value is 0.540. The van der Waals surface area contributed by atoms with Crippen LogP contribution in [0.4, 0.5) is 0 Å². The fourth-order valence-electron chi connectivity index (χ4n) is 0.197. The van der Waals surface area contributed by atoms with Crippen molar-refractivity contribution < 1.29 is 4.79 Å². The van der Waals surface area contributed by atoms with Crippen LogP contribution in [-0.2, 0) is 4.79 Å². The van der Waals surface area contributed by atoms with Gasteiger partial charge in [-0.2, -0.15) is 0 Å². The molecule has 0 unspecified atom stereocenters. The van der Waals surface area contributed by atoms with Gasteiger partial charge >= 0.3 is 0 Å². The molecule has 0 aliphatic rings. The second-order valence-corrected chi connectivity index (χ2v) is 2.44. The third-order valence-electron chi connectivity index (χ3n) is 0.447. The molecular formula is C5H9Cl3O. The molecule has 0 rings (SSSR count). The van der Waals surface area contributed by atoms with Gasteiger partial charge in [0.25, 0.3) is 0 Å². The maximum absolute atomic E-state index is 9.81. The van der Waals surface area contributed by atoms with Crippen molar-refractivity contribution in [1.29, 1.82) is 0 Å². The first-order valence-corrected chi connectivity index (χ1v) is 3.94. The lowest BCUT2D eigenvalue weighted by Crippen LogP contribution is -1.79. The Balaban J connectivity index is 0. The van der Waals surface area contributed by atoms with Gasteiger partial charge in [-0.15, -0.1) is 23.2 Å². The standard InChI is InChI=1S/C4H7ClO.CH2Cl2/c1-2-3-4(5)6;2-1-3/h2-3H2,1H3;1H2. The van der Waals surface area contributed by atoms with Gasteiger partial charge < -0.3 is 0 Å². The summed E-state index contributed by atoms with van der Waals surface area (Å²) < 4.78 is 0. The number of hydrogen-bond acceptors (Lipinski definition) is 1. The minimum atomic E-state index is -0.238. The summed E-state index contributed by atoms with van der Waals surface area (Å²) in [5, 5.41) is -0.0440. The predicted molar refractivity (Wildman–Crippen MR) is 42.3 cm³/mol. The zero-order chi connectivity index (χ0) is 7.70. The van der Waals surface area contributed by atoms with Crippen LogP contribution >= 0.6 is 34.8 Å². The molecule has 0 aliphatic heterocycles. The summed E-state index contributed by atoms with van der Waals surface area (Å²) in [4.78, 5) is 9.81. The van der Waals surface area contributed by atoms with Crippen LogP contribution in [0, 0.1) is 0 Å². The van der Waals surface area contributed by atoms with Crippen molar-refractivity contribution >= 4 is 40.0 Å². The van der Waals surface area contributed by atoms with Gasteiger partial charge in [-0.05, 0) is 18.0 Å². The van der Waals surface area contributed by atoms with Crippen LogP contribution in [0.5, 0.6) is 0 Å². The maximum atomic E-state index is 9.81. The van der Waals surface area contributed by atoms with Crippen molar-refractivity contribution in [1.82, 2.24) is 0 Å². The molecule has 1 nitrogen and oxygen atoms in total. The molecular weight excluding hydrogens is 182 g/mol. The van der Waals surface area contributed by atoms with E-state index in [0.29, 0.717) is 6.42 Å². The first-order valence-electron chi connectivity index (χ1n) is 2.49. The Morgan fingerprint density at radius 3 is 1.78 bits per heavy atom. The summed E-state index contributed by atoms with van der Waals surface area (Å²) in [5.41, 5.74) is 0. The number of carbonyl (C=O) groups excluding carboxylic acids is 1. The molecule has 0 saturated heterocycles. The topological polar surface area (TPSA) is 17.1 Å². The van der Waals surface area contributed by atoms with Crippen molar-refractivity contribution in [3.63, 3.8) is 0 Å². The summed E-state index contributed by atoms with van der Waals surface area (Å²) in [6.07, 6.45) is 1.35. The second kappa shape index (κ2) is 11.4. The molecule has 0 aromatic heterocycles. The highest BCUT2D eigenvalue weighted by molar-refractivity contribution is 6.63. The van der Waals surface area contributed by atoms with Crippen LogP contribution in [0.25, 0.3) is 0 Å². The molecule has 56 valence electrons. The number of hydrogen-bond donors (Lipinski definition) is 0. The highest BCUT2D eigenvalue weighted by Crippen LogP contribution is 1.90. The third kappa shape index (κ3) is 29.1. The predicted octanol–water partition coefficient (Wildman–Crippen LogP) is 2.97. The normalized spacial score (nSPS) is 7.56. The van der Waals surface area contributed by atoms with E-state index in [2.05, 4.69) is 0 Å². The van der Waals surface area contributed by atoms with Crippen molar-refractivity contribution in [2.75, 3.05) is 5.34 Å². The first-order chi connectivity index (χ1) is 4.18. The lowest BCUT2D eigenvalue weighted by atomic mass is 10.4. The average Bonchev–Trinajstić information content (AvgIpc) is 1.67. The molecule has 0 heterocycles. The average molecular weight is 191 g/mol. The van der Waals surface area contributed by atoms with Crippen LogP contribution in [0.1, 0.15) is 19.8 Å². The van der Waals surface area contributed by atoms with Crippen LogP contribution < -0.4 is 0 Å². The Morgan fingerprint density at radius 1 is 1.44 bits per heavy atom. The number of carbonyl (C=O) groups is 1. The van der Waals surface area contributed by atoms with Crippen LogP contribution in [-0.4, -0.2) is 10.6 Å². The van der Waals surface area contributed by atoms with Gasteiger partial charge in [0, 0.05) is 6.42 Å². The monoisotopic (exact) mass is 190 g/mol. The van der Waals surface area contributed by atoms with Gasteiger partial charge in [-0.3, -0.25) is 4.79 Å². The Bertz CT molecular complexity index is 65.2.